The lowest BCUT2D eigenvalue weighted by atomic mass is 10.00. The number of hydrogen-bond acceptors (Lipinski definition) is 3. The van der Waals surface area contributed by atoms with E-state index in [2.05, 4.69) is 15.7 Å². The van der Waals surface area contributed by atoms with Gasteiger partial charge in [-0.2, -0.15) is 5.10 Å². The van der Waals surface area contributed by atoms with Crippen LogP contribution >= 0.6 is 12.4 Å². The Kier molecular flexibility index (Phi) is 6.12. The van der Waals surface area contributed by atoms with Crippen molar-refractivity contribution in [3.05, 3.63) is 48.0 Å². The second-order valence-electron chi connectivity index (χ2n) is 5.54. The number of carbonyl (C=O) groups excluding carboxylic acids is 1. The number of aromatic nitrogens is 2. The summed E-state index contributed by atoms with van der Waals surface area (Å²) in [6.07, 6.45) is 3.99. The molecule has 1 saturated heterocycles. The first-order valence-corrected chi connectivity index (χ1v) is 7.53. The van der Waals surface area contributed by atoms with Gasteiger partial charge in [-0.3, -0.25) is 4.79 Å². The van der Waals surface area contributed by atoms with E-state index in [9.17, 15) is 9.18 Å². The fraction of sp³-hybridized carbons (Fsp3) is 0.375. The minimum absolute atomic E-state index is 0. The van der Waals surface area contributed by atoms with Gasteiger partial charge in [0.25, 0.3) is 5.91 Å². The van der Waals surface area contributed by atoms with Crippen molar-refractivity contribution in [1.82, 2.24) is 20.4 Å². The maximum Gasteiger partial charge on any atom is 0.271 e. The second kappa shape index (κ2) is 8.08. The predicted molar refractivity (Wildman–Crippen MR) is 88.7 cm³/mol. The summed E-state index contributed by atoms with van der Waals surface area (Å²) in [5.41, 5.74) is 1.09. The Bertz CT molecular complexity index is 638. The van der Waals surface area contributed by atoms with Gasteiger partial charge in [0.1, 0.15) is 5.82 Å². The topological polar surface area (TPSA) is 59.0 Å². The average Bonchev–Trinajstić information content (AvgIpc) is 3.04. The van der Waals surface area contributed by atoms with Crippen molar-refractivity contribution >= 4 is 18.3 Å². The molecule has 2 heterocycles. The highest BCUT2D eigenvalue weighted by Gasteiger charge is 2.15. The molecule has 7 heteroatoms. The largest absolute Gasteiger partial charge is 0.350 e. The summed E-state index contributed by atoms with van der Waals surface area (Å²) >= 11 is 0. The number of nitrogens with one attached hydrogen (secondary N) is 2. The van der Waals surface area contributed by atoms with Gasteiger partial charge in [-0.25, -0.2) is 9.07 Å². The Hall–Kier alpha value is -1.92. The summed E-state index contributed by atoms with van der Waals surface area (Å²) < 4.78 is 14.5. The standard InChI is InChI=1S/C16H19FN4O.ClH/c17-13-3-5-14(6-4-13)21-9-7-15(20-21)16(22)19-11-12-2-1-8-18-10-12;/h3-7,9,12,18H,1-2,8,10-11H2,(H,19,22);1H. The number of carbonyl (C=O) groups is 1. The molecule has 1 aromatic carbocycles. The molecule has 0 aliphatic carbocycles. The fourth-order valence-electron chi connectivity index (χ4n) is 2.61. The van der Waals surface area contributed by atoms with Crippen LogP contribution < -0.4 is 10.6 Å². The molecule has 0 bridgehead atoms. The molecular formula is C16H20ClFN4O. The molecular weight excluding hydrogens is 319 g/mol. The number of rotatable bonds is 4. The van der Waals surface area contributed by atoms with Gasteiger partial charge in [0.2, 0.25) is 0 Å². The number of hydrogen-bond donors (Lipinski definition) is 2. The minimum Gasteiger partial charge on any atom is -0.350 e. The van der Waals surface area contributed by atoms with E-state index >= 15 is 0 Å². The summed E-state index contributed by atoms with van der Waals surface area (Å²) in [5, 5.41) is 10.5. The van der Waals surface area contributed by atoms with Crippen LogP contribution in [-0.4, -0.2) is 35.3 Å². The summed E-state index contributed by atoms with van der Waals surface area (Å²) in [6, 6.07) is 7.65. The molecule has 1 fully saturated rings. The van der Waals surface area contributed by atoms with Crippen LogP contribution in [0, 0.1) is 11.7 Å². The van der Waals surface area contributed by atoms with E-state index in [1.807, 2.05) is 0 Å². The van der Waals surface area contributed by atoms with Gasteiger partial charge in [0.15, 0.2) is 5.69 Å². The zero-order chi connectivity index (χ0) is 15.4. The van der Waals surface area contributed by atoms with Crippen LogP contribution in [0.4, 0.5) is 4.39 Å². The lowest BCUT2D eigenvalue weighted by Crippen LogP contribution is -2.38. The first-order chi connectivity index (χ1) is 10.7. The van der Waals surface area contributed by atoms with Gasteiger partial charge in [-0.15, -0.1) is 12.4 Å². The maximum atomic E-state index is 12.9. The Balaban J connectivity index is 0.00000192. The van der Waals surface area contributed by atoms with Gasteiger partial charge in [0, 0.05) is 12.7 Å². The Morgan fingerprint density at radius 1 is 1.35 bits per heavy atom. The zero-order valence-corrected chi connectivity index (χ0v) is 13.5. The van der Waals surface area contributed by atoms with Crippen molar-refractivity contribution in [3.8, 4) is 5.69 Å². The molecule has 1 unspecified atom stereocenters. The van der Waals surface area contributed by atoms with E-state index in [0.29, 0.717) is 18.2 Å². The highest BCUT2D eigenvalue weighted by molar-refractivity contribution is 5.92. The molecule has 3 rings (SSSR count). The smallest absolute Gasteiger partial charge is 0.271 e. The lowest BCUT2D eigenvalue weighted by molar-refractivity contribution is 0.0939. The fourth-order valence-corrected chi connectivity index (χ4v) is 2.61. The molecule has 0 spiro atoms. The summed E-state index contributed by atoms with van der Waals surface area (Å²) in [6.45, 7) is 2.67. The third-order valence-corrected chi connectivity index (χ3v) is 3.86. The first kappa shape index (κ1) is 17.4. The predicted octanol–water partition coefficient (Wildman–Crippen LogP) is 2.16. The van der Waals surface area contributed by atoms with Gasteiger partial charge in [0.05, 0.1) is 5.69 Å². The van der Waals surface area contributed by atoms with Crippen LogP contribution in [0.2, 0.25) is 0 Å². The van der Waals surface area contributed by atoms with E-state index in [1.54, 1.807) is 29.1 Å². The monoisotopic (exact) mass is 338 g/mol. The third-order valence-electron chi connectivity index (χ3n) is 3.86. The van der Waals surface area contributed by atoms with E-state index in [0.717, 1.165) is 31.6 Å². The SMILES string of the molecule is Cl.O=C(NCC1CCCNC1)c1ccn(-c2ccc(F)cc2)n1. The Morgan fingerprint density at radius 2 is 2.13 bits per heavy atom. The molecule has 23 heavy (non-hydrogen) atoms. The molecule has 0 saturated carbocycles. The quantitative estimate of drug-likeness (QED) is 0.898. The van der Waals surface area contributed by atoms with Crippen LogP contribution in [0.1, 0.15) is 23.3 Å². The van der Waals surface area contributed by atoms with Gasteiger partial charge >= 0.3 is 0 Å². The molecule has 2 N–H and O–H groups in total. The van der Waals surface area contributed by atoms with Gasteiger partial charge in [-0.1, -0.05) is 0 Å². The number of benzene rings is 1. The van der Waals surface area contributed by atoms with E-state index in [-0.39, 0.29) is 24.1 Å². The second-order valence-corrected chi connectivity index (χ2v) is 5.54. The number of nitrogens with zero attached hydrogens (tertiary/aromatic N) is 2. The van der Waals surface area contributed by atoms with Crippen LogP contribution in [0.15, 0.2) is 36.5 Å². The molecule has 0 radical (unpaired) electrons. The molecule has 1 aliphatic rings. The Morgan fingerprint density at radius 3 is 2.83 bits per heavy atom. The lowest BCUT2D eigenvalue weighted by Gasteiger charge is -2.22. The molecule has 124 valence electrons. The maximum absolute atomic E-state index is 12.9. The highest BCUT2D eigenvalue weighted by atomic mass is 35.5. The van der Waals surface area contributed by atoms with Gasteiger partial charge < -0.3 is 10.6 Å². The van der Waals surface area contributed by atoms with Crippen molar-refractivity contribution < 1.29 is 9.18 Å². The molecule has 1 atom stereocenters. The average molecular weight is 339 g/mol. The highest BCUT2D eigenvalue weighted by Crippen LogP contribution is 2.10. The normalized spacial score (nSPS) is 17.3. The zero-order valence-electron chi connectivity index (χ0n) is 12.7. The number of piperidine rings is 1. The molecule has 1 aliphatic heterocycles. The van der Waals surface area contributed by atoms with Crippen molar-refractivity contribution in [1.29, 1.82) is 0 Å². The van der Waals surface area contributed by atoms with Crippen LogP contribution in [0.5, 0.6) is 0 Å². The Labute approximate surface area is 140 Å². The van der Waals surface area contributed by atoms with Crippen molar-refractivity contribution in [2.75, 3.05) is 19.6 Å². The first-order valence-electron chi connectivity index (χ1n) is 7.53. The van der Waals surface area contributed by atoms with Crippen molar-refractivity contribution in [2.45, 2.75) is 12.8 Å². The number of halogens is 2. The van der Waals surface area contributed by atoms with E-state index < -0.39 is 0 Å². The van der Waals surface area contributed by atoms with E-state index in [4.69, 9.17) is 0 Å². The molecule has 1 aromatic heterocycles. The number of amides is 1. The summed E-state index contributed by atoms with van der Waals surface area (Å²) in [5.74, 6) is 0.0123. The van der Waals surface area contributed by atoms with Crippen LogP contribution in [0.25, 0.3) is 5.69 Å². The third kappa shape index (κ3) is 4.53. The summed E-state index contributed by atoms with van der Waals surface area (Å²) in [4.78, 5) is 12.1. The molecule has 2 aromatic rings. The van der Waals surface area contributed by atoms with Crippen molar-refractivity contribution in [3.63, 3.8) is 0 Å². The molecule has 5 nitrogen and oxygen atoms in total. The molecule has 1 amide bonds. The summed E-state index contributed by atoms with van der Waals surface area (Å²) in [7, 11) is 0. The van der Waals surface area contributed by atoms with Crippen molar-refractivity contribution in [2.24, 2.45) is 5.92 Å². The van der Waals surface area contributed by atoms with Crippen LogP contribution in [-0.2, 0) is 0 Å². The van der Waals surface area contributed by atoms with E-state index in [1.165, 1.54) is 12.1 Å². The van der Waals surface area contributed by atoms with Gasteiger partial charge in [-0.05, 0) is 62.2 Å². The van der Waals surface area contributed by atoms with Crippen LogP contribution in [0.3, 0.4) is 0 Å². The minimum atomic E-state index is -0.296.